The Morgan fingerprint density at radius 2 is 1.70 bits per heavy atom. The van der Waals surface area contributed by atoms with Crippen LogP contribution >= 0.6 is 15.9 Å². The third-order valence-electron chi connectivity index (χ3n) is 3.15. The van der Waals surface area contributed by atoms with Crippen LogP contribution in [0.5, 0.6) is 0 Å². The van der Waals surface area contributed by atoms with E-state index in [2.05, 4.69) is 21.2 Å². The molecule has 2 N–H and O–H groups in total. The molecular formula is C16H17BrFNO. The summed E-state index contributed by atoms with van der Waals surface area (Å²) in [5, 5.41) is 12.9. The maximum absolute atomic E-state index is 12.9. The largest absolute Gasteiger partial charge is 0.394 e. The summed E-state index contributed by atoms with van der Waals surface area (Å²) in [5.41, 5.74) is 1.42. The van der Waals surface area contributed by atoms with E-state index in [1.807, 2.05) is 31.2 Å². The second-order valence-corrected chi connectivity index (χ2v) is 6.07. The zero-order valence-electron chi connectivity index (χ0n) is 11.2. The van der Waals surface area contributed by atoms with Crippen LogP contribution in [0.4, 0.5) is 10.1 Å². The average Bonchev–Trinajstić information content (AvgIpc) is 2.44. The SMILES string of the molecule is CC(CO)(Cc1ccc(Br)cc1)Nc1ccc(F)cc1. The van der Waals surface area contributed by atoms with Gasteiger partial charge in [0.2, 0.25) is 0 Å². The minimum Gasteiger partial charge on any atom is -0.394 e. The Bertz CT molecular complexity index is 506. The highest BCUT2D eigenvalue weighted by Gasteiger charge is 2.23. The van der Waals surface area contributed by atoms with Crippen LogP contribution in [0.3, 0.4) is 0 Å². The van der Waals surface area contributed by atoms with Crippen LogP contribution in [0.1, 0.15) is 12.5 Å². The lowest BCUT2D eigenvalue weighted by molar-refractivity contribution is 0.222. The van der Waals surface area contributed by atoms with Gasteiger partial charge in [0.25, 0.3) is 0 Å². The third-order valence-corrected chi connectivity index (χ3v) is 3.68. The molecule has 2 rings (SSSR count). The van der Waals surface area contributed by atoms with Gasteiger partial charge in [0.15, 0.2) is 0 Å². The Morgan fingerprint density at radius 1 is 1.10 bits per heavy atom. The van der Waals surface area contributed by atoms with Gasteiger partial charge in [0.05, 0.1) is 12.1 Å². The van der Waals surface area contributed by atoms with Crippen molar-refractivity contribution in [2.45, 2.75) is 18.9 Å². The molecule has 0 aliphatic heterocycles. The summed E-state index contributed by atoms with van der Waals surface area (Å²) < 4.78 is 13.9. The molecule has 2 aromatic carbocycles. The van der Waals surface area contributed by atoms with Crippen LogP contribution in [-0.2, 0) is 6.42 Å². The van der Waals surface area contributed by atoms with Gasteiger partial charge in [-0.05, 0) is 55.3 Å². The van der Waals surface area contributed by atoms with Crippen LogP contribution in [0.15, 0.2) is 53.0 Å². The molecule has 20 heavy (non-hydrogen) atoms. The molecule has 0 heterocycles. The number of hydrogen-bond acceptors (Lipinski definition) is 2. The Kier molecular flexibility index (Phi) is 4.78. The van der Waals surface area contributed by atoms with Gasteiger partial charge in [0, 0.05) is 10.2 Å². The first kappa shape index (κ1) is 15.0. The monoisotopic (exact) mass is 337 g/mol. The summed E-state index contributed by atoms with van der Waals surface area (Å²) in [6, 6.07) is 14.1. The molecule has 2 nitrogen and oxygen atoms in total. The van der Waals surface area contributed by atoms with Crippen molar-refractivity contribution in [3.8, 4) is 0 Å². The number of benzene rings is 2. The molecule has 4 heteroatoms. The van der Waals surface area contributed by atoms with E-state index in [0.29, 0.717) is 6.42 Å². The van der Waals surface area contributed by atoms with Crippen LogP contribution < -0.4 is 5.32 Å². The fourth-order valence-corrected chi connectivity index (χ4v) is 2.34. The lowest BCUT2D eigenvalue weighted by Gasteiger charge is -2.30. The van der Waals surface area contributed by atoms with Crippen molar-refractivity contribution in [2.24, 2.45) is 0 Å². The van der Waals surface area contributed by atoms with E-state index < -0.39 is 5.54 Å². The summed E-state index contributed by atoms with van der Waals surface area (Å²) in [6.07, 6.45) is 0.675. The van der Waals surface area contributed by atoms with Gasteiger partial charge in [0.1, 0.15) is 5.82 Å². The van der Waals surface area contributed by atoms with Crippen molar-refractivity contribution in [2.75, 3.05) is 11.9 Å². The number of halogens is 2. The first-order chi connectivity index (χ1) is 9.50. The highest BCUT2D eigenvalue weighted by Crippen LogP contribution is 2.21. The number of anilines is 1. The van der Waals surface area contributed by atoms with Crippen molar-refractivity contribution in [3.63, 3.8) is 0 Å². The zero-order chi connectivity index (χ0) is 14.6. The van der Waals surface area contributed by atoms with Gasteiger partial charge >= 0.3 is 0 Å². The quantitative estimate of drug-likeness (QED) is 0.864. The van der Waals surface area contributed by atoms with Crippen molar-refractivity contribution in [1.29, 1.82) is 0 Å². The lowest BCUT2D eigenvalue weighted by atomic mass is 9.93. The third kappa shape index (κ3) is 4.05. The molecule has 0 fully saturated rings. The molecule has 1 unspecified atom stereocenters. The van der Waals surface area contributed by atoms with Crippen molar-refractivity contribution in [3.05, 3.63) is 64.4 Å². The zero-order valence-corrected chi connectivity index (χ0v) is 12.8. The minimum atomic E-state index is -0.494. The lowest BCUT2D eigenvalue weighted by Crippen LogP contribution is -2.41. The predicted molar refractivity (Wildman–Crippen MR) is 83.4 cm³/mol. The van der Waals surface area contributed by atoms with Crippen LogP contribution in [-0.4, -0.2) is 17.3 Å². The smallest absolute Gasteiger partial charge is 0.123 e. The molecule has 0 radical (unpaired) electrons. The molecule has 2 aromatic rings. The topological polar surface area (TPSA) is 32.3 Å². The first-order valence-corrected chi connectivity index (χ1v) is 7.19. The molecule has 0 saturated heterocycles. The number of aliphatic hydroxyl groups excluding tert-OH is 1. The van der Waals surface area contributed by atoms with E-state index in [0.717, 1.165) is 15.7 Å². The van der Waals surface area contributed by atoms with Gasteiger partial charge < -0.3 is 10.4 Å². The van der Waals surface area contributed by atoms with E-state index in [1.54, 1.807) is 12.1 Å². The summed E-state index contributed by atoms with van der Waals surface area (Å²) >= 11 is 3.40. The van der Waals surface area contributed by atoms with Crippen molar-refractivity contribution in [1.82, 2.24) is 0 Å². The maximum Gasteiger partial charge on any atom is 0.123 e. The predicted octanol–water partition coefficient (Wildman–Crippen LogP) is 3.99. The molecule has 0 aliphatic carbocycles. The van der Waals surface area contributed by atoms with E-state index in [-0.39, 0.29) is 12.4 Å². The molecule has 0 saturated carbocycles. The van der Waals surface area contributed by atoms with Crippen LogP contribution in [0.2, 0.25) is 0 Å². The van der Waals surface area contributed by atoms with Gasteiger partial charge in [-0.25, -0.2) is 4.39 Å². The highest BCUT2D eigenvalue weighted by molar-refractivity contribution is 9.10. The van der Waals surface area contributed by atoms with E-state index in [9.17, 15) is 9.50 Å². The summed E-state index contributed by atoms with van der Waals surface area (Å²) in [6.45, 7) is 1.93. The normalized spacial score (nSPS) is 13.8. The molecule has 0 aromatic heterocycles. The molecule has 0 bridgehead atoms. The minimum absolute atomic E-state index is 0.0135. The van der Waals surface area contributed by atoms with E-state index >= 15 is 0 Å². The Hall–Kier alpha value is -1.39. The van der Waals surface area contributed by atoms with Crippen molar-refractivity contribution >= 4 is 21.6 Å². The van der Waals surface area contributed by atoms with Crippen LogP contribution in [0.25, 0.3) is 0 Å². The average molecular weight is 338 g/mol. The van der Waals surface area contributed by atoms with Crippen molar-refractivity contribution < 1.29 is 9.50 Å². The summed E-state index contributed by atoms with van der Waals surface area (Å²) in [7, 11) is 0. The first-order valence-electron chi connectivity index (χ1n) is 6.40. The van der Waals surface area contributed by atoms with Gasteiger partial charge in [-0.15, -0.1) is 0 Å². The van der Waals surface area contributed by atoms with Gasteiger partial charge in [-0.1, -0.05) is 28.1 Å². The van der Waals surface area contributed by atoms with E-state index in [4.69, 9.17) is 0 Å². The Labute approximate surface area is 126 Å². The fourth-order valence-electron chi connectivity index (χ4n) is 2.07. The second-order valence-electron chi connectivity index (χ2n) is 5.15. The maximum atomic E-state index is 12.9. The van der Waals surface area contributed by atoms with Gasteiger partial charge in [-0.2, -0.15) is 0 Å². The number of rotatable bonds is 5. The molecule has 1 atom stereocenters. The Morgan fingerprint density at radius 3 is 2.25 bits per heavy atom. The molecule has 106 valence electrons. The van der Waals surface area contributed by atoms with Gasteiger partial charge in [-0.3, -0.25) is 0 Å². The fraction of sp³-hybridized carbons (Fsp3) is 0.250. The summed E-state index contributed by atoms with van der Waals surface area (Å²) in [5.74, 6) is -0.269. The second kappa shape index (κ2) is 6.37. The molecule has 0 spiro atoms. The number of hydrogen-bond donors (Lipinski definition) is 2. The highest BCUT2D eigenvalue weighted by atomic mass is 79.9. The number of nitrogens with one attached hydrogen (secondary N) is 1. The van der Waals surface area contributed by atoms with Crippen LogP contribution in [0, 0.1) is 5.82 Å². The summed E-state index contributed by atoms with van der Waals surface area (Å²) in [4.78, 5) is 0. The molecular weight excluding hydrogens is 321 g/mol. The molecule has 0 amide bonds. The molecule has 0 aliphatic rings. The Balaban J connectivity index is 2.12. The standard InChI is InChI=1S/C16H17BrFNO/c1-16(11-20,10-12-2-4-13(17)5-3-12)19-15-8-6-14(18)7-9-15/h2-9,19-20H,10-11H2,1H3. The van der Waals surface area contributed by atoms with E-state index in [1.165, 1.54) is 12.1 Å². The number of aliphatic hydroxyl groups is 1.